The van der Waals surface area contributed by atoms with Crippen LogP contribution in [0, 0.1) is 11.8 Å². The fraction of sp³-hybridized carbons (Fsp3) is 0.545. The Kier molecular flexibility index (Phi) is 12.7. The van der Waals surface area contributed by atoms with Gasteiger partial charge in [-0.05, 0) is 101 Å². The molecule has 9 heteroatoms. The van der Waals surface area contributed by atoms with E-state index in [1.165, 1.54) is 12.1 Å². The van der Waals surface area contributed by atoms with Crippen LogP contribution in [0.2, 0.25) is 0 Å². The zero-order valence-electron chi connectivity index (χ0n) is 26.6. The lowest BCUT2D eigenvalue weighted by Gasteiger charge is -2.39. The molecule has 2 rings (SSSR count). The van der Waals surface area contributed by atoms with E-state index in [-0.39, 0.29) is 23.6 Å². The molecule has 3 atom stereocenters. The van der Waals surface area contributed by atoms with Gasteiger partial charge < -0.3 is 30.1 Å². The molecule has 42 heavy (non-hydrogen) atoms. The Labute approximate surface area is 251 Å². The number of amides is 3. The zero-order valence-corrected chi connectivity index (χ0v) is 26.6. The number of nitrogens with one attached hydrogen (secondary N) is 2. The van der Waals surface area contributed by atoms with Crippen molar-refractivity contribution < 1.29 is 29.0 Å². The van der Waals surface area contributed by atoms with Crippen molar-refractivity contribution in [1.82, 2.24) is 10.2 Å². The number of hydrogen-bond donors (Lipinski definition) is 3. The summed E-state index contributed by atoms with van der Waals surface area (Å²) in [5.41, 5.74) is 0.327. The average molecular weight is 584 g/mol. The highest BCUT2D eigenvalue weighted by Crippen LogP contribution is 2.30. The second-order valence-electron chi connectivity index (χ2n) is 12.6. The maximum absolute atomic E-state index is 14.5. The number of hydrogen-bond acceptors (Lipinski definition) is 6. The minimum absolute atomic E-state index is 0.0445. The zero-order chi connectivity index (χ0) is 31.6. The summed E-state index contributed by atoms with van der Waals surface area (Å²) in [5, 5.41) is 15.7. The number of carbonyl (C=O) groups excluding carboxylic acids is 3. The predicted octanol–water partition coefficient (Wildman–Crippen LogP) is 6.67. The topological polar surface area (TPSA) is 117 Å². The predicted molar refractivity (Wildman–Crippen MR) is 165 cm³/mol. The van der Waals surface area contributed by atoms with Crippen LogP contribution in [0.15, 0.2) is 48.5 Å². The van der Waals surface area contributed by atoms with Crippen LogP contribution in [0.25, 0.3) is 0 Å². The van der Waals surface area contributed by atoms with E-state index in [2.05, 4.69) is 24.5 Å². The van der Waals surface area contributed by atoms with Crippen molar-refractivity contribution in [2.24, 2.45) is 11.8 Å². The Morgan fingerprint density at radius 3 is 1.98 bits per heavy atom. The molecule has 0 heterocycles. The Morgan fingerprint density at radius 1 is 0.881 bits per heavy atom. The Hall–Kier alpha value is -3.75. The van der Waals surface area contributed by atoms with Gasteiger partial charge in [0.05, 0.1) is 7.11 Å². The van der Waals surface area contributed by atoms with Crippen molar-refractivity contribution in [3.63, 3.8) is 0 Å². The lowest BCUT2D eigenvalue weighted by Crippen LogP contribution is -2.55. The highest BCUT2D eigenvalue weighted by atomic mass is 16.6. The summed E-state index contributed by atoms with van der Waals surface area (Å²) >= 11 is 0. The fourth-order valence-electron chi connectivity index (χ4n) is 4.62. The number of phenolic OH excluding ortho intramolecular Hbond substituents is 1. The van der Waals surface area contributed by atoms with E-state index >= 15 is 0 Å². The molecule has 9 nitrogen and oxygen atoms in total. The van der Waals surface area contributed by atoms with Crippen LogP contribution >= 0.6 is 0 Å². The Morgan fingerprint density at radius 2 is 1.48 bits per heavy atom. The van der Waals surface area contributed by atoms with Gasteiger partial charge >= 0.3 is 6.09 Å². The Bertz CT molecular complexity index is 1160. The minimum atomic E-state index is -1.04. The number of alkyl carbamates (subject to hydrolysis) is 1. The summed E-state index contributed by atoms with van der Waals surface area (Å²) in [6.07, 6.45) is 1.14. The van der Waals surface area contributed by atoms with E-state index in [9.17, 15) is 19.5 Å². The largest absolute Gasteiger partial charge is 0.508 e. The van der Waals surface area contributed by atoms with Gasteiger partial charge in [-0.25, -0.2) is 4.79 Å². The molecule has 0 radical (unpaired) electrons. The van der Waals surface area contributed by atoms with Gasteiger partial charge in [-0.1, -0.05) is 39.8 Å². The normalized spacial score (nSPS) is 13.7. The van der Waals surface area contributed by atoms with Gasteiger partial charge in [-0.2, -0.15) is 0 Å². The molecule has 0 aliphatic carbocycles. The second-order valence-corrected chi connectivity index (χ2v) is 12.6. The third kappa shape index (κ3) is 10.9. The number of ether oxygens (including phenoxy) is 2. The second kappa shape index (κ2) is 15.5. The molecule has 0 aromatic heterocycles. The van der Waals surface area contributed by atoms with Gasteiger partial charge in [-0.15, -0.1) is 0 Å². The van der Waals surface area contributed by atoms with Gasteiger partial charge in [0, 0.05) is 11.7 Å². The Balaban J connectivity index is 2.60. The molecule has 0 saturated heterocycles. The molecule has 0 bridgehead atoms. The van der Waals surface area contributed by atoms with E-state index < -0.39 is 29.7 Å². The molecule has 3 N–H and O–H groups in total. The highest BCUT2D eigenvalue weighted by Gasteiger charge is 2.39. The molecule has 2 aromatic carbocycles. The molecular weight excluding hydrogens is 534 g/mol. The standard InChI is InChI=1S/C33H49N3O6/c1-21(2)10-11-23(5)36(31(39)28(20-22(3)4)35-32(40)42-33(6,7)8)29(24-12-16-26(37)17-13-24)30(38)34-25-14-18-27(41-9)19-15-25/h12-19,21-23,28-29,37H,10-11,20H2,1-9H3,(H,34,38)(H,35,40). The molecule has 0 spiro atoms. The smallest absolute Gasteiger partial charge is 0.408 e. The first kappa shape index (κ1) is 34.5. The van der Waals surface area contributed by atoms with Crippen LogP contribution in [0.1, 0.15) is 86.3 Å². The first-order valence-corrected chi connectivity index (χ1v) is 14.7. The molecule has 0 aliphatic rings. The number of carbonyl (C=O) groups is 3. The molecule has 0 saturated carbocycles. The van der Waals surface area contributed by atoms with Crippen LogP contribution < -0.4 is 15.4 Å². The first-order chi connectivity index (χ1) is 19.6. The first-order valence-electron chi connectivity index (χ1n) is 14.7. The van der Waals surface area contributed by atoms with Gasteiger partial charge in [0.2, 0.25) is 5.91 Å². The minimum Gasteiger partial charge on any atom is -0.508 e. The quantitative estimate of drug-likeness (QED) is 0.242. The maximum atomic E-state index is 14.5. The lowest BCUT2D eigenvalue weighted by atomic mass is 9.95. The van der Waals surface area contributed by atoms with E-state index in [1.54, 1.807) is 69.2 Å². The van der Waals surface area contributed by atoms with E-state index in [0.717, 1.165) is 6.42 Å². The summed E-state index contributed by atoms with van der Waals surface area (Å²) in [4.78, 5) is 43.0. The van der Waals surface area contributed by atoms with Crippen LogP contribution in [-0.2, 0) is 14.3 Å². The molecule has 232 valence electrons. The number of phenols is 1. The molecular formula is C33H49N3O6. The van der Waals surface area contributed by atoms with Crippen molar-refractivity contribution in [3.05, 3.63) is 54.1 Å². The summed E-state index contributed by atoms with van der Waals surface area (Å²) in [5.74, 6) is 0.345. The molecule has 3 unspecified atom stereocenters. The van der Waals surface area contributed by atoms with Crippen molar-refractivity contribution in [2.75, 3.05) is 12.4 Å². The molecule has 0 fully saturated rings. The number of methoxy groups -OCH3 is 1. The fourth-order valence-corrected chi connectivity index (χ4v) is 4.62. The monoisotopic (exact) mass is 583 g/mol. The van der Waals surface area contributed by atoms with Crippen molar-refractivity contribution in [3.8, 4) is 11.5 Å². The molecule has 2 aromatic rings. The van der Waals surface area contributed by atoms with Gasteiger partial charge in [0.25, 0.3) is 5.91 Å². The number of anilines is 1. The molecule has 0 aliphatic heterocycles. The highest BCUT2D eigenvalue weighted by molar-refractivity contribution is 5.99. The van der Waals surface area contributed by atoms with Crippen LogP contribution in [0.4, 0.5) is 10.5 Å². The van der Waals surface area contributed by atoms with Crippen LogP contribution in [-0.4, -0.2) is 52.7 Å². The summed E-state index contributed by atoms with van der Waals surface area (Å²) < 4.78 is 10.7. The third-order valence-electron chi connectivity index (χ3n) is 6.68. The van der Waals surface area contributed by atoms with E-state index in [1.807, 2.05) is 20.8 Å². The molecule has 3 amide bonds. The van der Waals surface area contributed by atoms with Gasteiger partial charge in [0.15, 0.2) is 0 Å². The van der Waals surface area contributed by atoms with Crippen LogP contribution in [0.5, 0.6) is 11.5 Å². The van der Waals surface area contributed by atoms with Crippen LogP contribution in [0.3, 0.4) is 0 Å². The maximum Gasteiger partial charge on any atom is 0.408 e. The van der Waals surface area contributed by atoms with Crippen molar-refractivity contribution in [2.45, 2.75) is 98.4 Å². The van der Waals surface area contributed by atoms with E-state index in [4.69, 9.17) is 9.47 Å². The number of aromatic hydroxyl groups is 1. The van der Waals surface area contributed by atoms with E-state index in [0.29, 0.717) is 35.8 Å². The van der Waals surface area contributed by atoms with Gasteiger partial charge in [-0.3, -0.25) is 9.59 Å². The average Bonchev–Trinajstić information content (AvgIpc) is 2.89. The number of rotatable bonds is 13. The summed E-state index contributed by atoms with van der Waals surface area (Å²) in [6.45, 7) is 15.4. The summed E-state index contributed by atoms with van der Waals surface area (Å²) in [7, 11) is 1.56. The number of nitrogens with zero attached hydrogens (tertiary/aromatic N) is 1. The lowest BCUT2D eigenvalue weighted by molar-refractivity contribution is -0.144. The van der Waals surface area contributed by atoms with Crippen molar-refractivity contribution >= 4 is 23.6 Å². The third-order valence-corrected chi connectivity index (χ3v) is 6.68. The number of benzene rings is 2. The summed E-state index contributed by atoms with van der Waals surface area (Å²) in [6, 6.07) is 10.9. The van der Waals surface area contributed by atoms with Gasteiger partial charge in [0.1, 0.15) is 29.2 Å². The van der Waals surface area contributed by atoms with Crippen molar-refractivity contribution in [1.29, 1.82) is 0 Å². The SMILES string of the molecule is COc1ccc(NC(=O)C(c2ccc(O)cc2)N(C(=O)C(CC(C)C)NC(=O)OC(C)(C)C)C(C)CCC(C)C)cc1.